The van der Waals surface area contributed by atoms with Crippen LogP contribution in [0.3, 0.4) is 0 Å². The summed E-state index contributed by atoms with van der Waals surface area (Å²) >= 11 is 0. The highest BCUT2D eigenvalue weighted by Gasteiger charge is 2.45. The molecule has 0 aromatic heterocycles. The Labute approximate surface area is 191 Å². The molecule has 2 fully saturated rings. The first kappa shape index (κ1) is 23.3. The molecule has 3 aliphatic heterocycles. The van der Waals surface area contributed by atoms with Gasteiger partial charge in [0, 0.05) is 38.3 Å². The molecule has 0 saturated carbocycles. The lowest BCUT2D eigenvalue weighted by molar-refractivity contribution is -0.136. The van der Waals surface area contributed by atoms with Gasteiger partial charge in [-0.25, -0.2) is 0 Å². The van der Waals surface area contributed by atoms with Crippen LogP contribution in [-0.4, -0.2) is 98.1 Å². The molecule has 11 heteroatoms. The molecule has 0 aliphatic carbocycles. The Balaban J connectivity index is 1.29. The van der Waals surface area contributed by atoms with Crippen LogP contribution >= 0.6 is 0 Å². The van der Waals surface area contributed by atoms with Crippen LogP contribution in [0.2, 0.25) is 0 Å². The molecule has 3 heterocycles. The Bertz CT molecular complexity index is 932. The Hall–Kier alpha value is -2.86. The van der Waals surface area contributed by atoms with Crippen molar-refractivity contribution in [3.05, 3.63) is 29.3 Å². The molecule has 0 spiro atoms. The minimum absolute atomic E-state index is 0.0945. The molecule has 178 valence electrons. The molecule has 4 N–H and O–H groups in total. The summed E-state index contributed by atoms with van der Waals surface area (Å²) < 4.78 is 10.8. The number of carbonyl (C=O) groups excluding carboxylic acids is 4. The SMILES string of the molecule is NCCOCCOCCN1CC(Nc2cccc3c2C(=O)N(C2CCC(=O)NC2=O)C3=O)C1. The second-order valence-corrected chi connectivity index (χ2v) is 8.29. The highest BCUT2D eigenvalue weighted by molar-refractivity contribution is 6.25. The third-order valence-electron chi connectivity index (χ3n) is 5.97. The van der Waals surface area contributed by atoms with Gasteiger partial charge in [0.2, 0.25) is 11.8 Å². The minimum Gasteiger partial charge on any atom is -0.379 e. The lowest BCUT2D eigenvalue weighted by atomic mass is 10.0. The summed E-state index contributed by atoms with van der Waals surface area (Å²) in [6, 6.07) is 4.25. The Morgan fingerprint density at radius 2 is 1.79 bits per heavy atom. The van der Waals surface area contributed by atoms with Gasteiger partial charge in [0.25, 0.3) is 11.8 Å². The average Bonchev–Trinajstić information content (AvgIpc) is 3.02. The Morgan fingerprint density at radius 1 is 1.03 bits per heavy atom. The van der Waals surface area contributed by atoms with Gasteiger partial charge in [-0.15, -0.1) is 0 Å². The fourth-order valence-corrected chi connectivity index (χ4v) is 4.30. The topological polar surface area (TPSA) is 143 Å². The third-order valence-corrected chi connectivity index (χ3v) is 5.97. The van der Waals surface area contributed by atoms with Crippen molar-refractivity contribution < 1.29 is 28.7 Å². The molecule has 1 aromatic carbocycles. The van der Waals surface area contributed by atoms with Gasteiger partial charge in [0.1, 0.15) is 6.04 Å². The molecule has 4 amide bonds. The molecule has 1 atom stereocenters. The fourth-order valence-electron chi connectivity index (χ4n) is 4.30. The summed E-state index contributed by atoms with van der Waals surface area (Å²) in [6.45, 7) is 5.07. The van der Waals surface area contributed by atoms with E-state index in [-0.39, 0.29) is 30.0 Å². The third kappa shape index (κ3) is 5.06. The van der Waals surface area contributed by atoms with Crippen molar-refractivity contribution in [1.29, 1.82) is 0 Å². The van der Waals surface area contributed by atoms with Crippen molar-refractivity contribution >= 4 is 29.3 Å². The van der Waals surface area contributed by atoms with Crippen molar-refractivity contribution in [1.82, 2.24) is 15.1 Å². The van der Waals surface area contributed by atoms with Gasteiger partial charge >= 0.3 is 0 Å². The zero-order valence-corrected chi connectivity index (χ0v) is 18.4. The predicted molar refractivity (Wildman–Crippen MR) is 118 cm³/mol. The van der Waals surface area contributed by atoms with Crippen molar-refractivity contribution in [3.63, 3.8) is 0 Å². The number of nitrogens with one attached hydrogen (secondary N) is 2. The minimum atomic E-state index is -0.970. The van der Waals surface area contributed by atoms with Crippen LogP contribution < -0.4 is 16.4 Å². The first-order valence-electron chi connectivity index (χ1n) is 11.2. The highest BCUT2D eigenvalue weighted by atomic mass is 16.5. The number of nitrogens with zero attached hydrogens (tertiary/aromatic N) is 2. The molecule has 3 aliphatic rings. The molecule has 1 aromatic rings. The second kappa shape index (κ2) is 10.4. The maximum Gasteiger partial charge on any atom is 0.264 e. The number of carbonyl (C=O) groups is 4. The van der Waals surface area contributed by atoms with E-state index >= 15 is 0 Å². The van der Waals surface area contributed by atoms with E-state index in [4.69, 9.17) is 15.2 Å². The maximum absolute atomic E-state index is 13.1. The molecule has 33 heavy (non-hydrogen) atoms. The van der Waals surface area contributed by atoms with Crippen LogP contribution in [0.1, 0.15) is 33.6 Å². The molecule has 0 bridgehead atoms. The molecule has 1 unspecified atom stereocenters. The van der Waals surface area contributed by atoms with Crippen molar-refractivity contribution in [2.75, 3.05) is 57.9 Å². The number of ether oxygens (including phenoxy) is 2. The lowest BCUT2D eigenvalue weighted by Crippen LogP contribution is -2.55. The number of hydrogen-bond donors (Lipinski definition) is 3. The number of hydrogen-bond acceptors (Lipinski definition) is 9. The Kier molecular flexibility index (Phi) is 7.33. The molecular weight excluding hydrogens is 430 g/mol. The summed E-state index contributed by atoms with van der Waals surface area (Å²) in [6.07, 6.45) is 0.231. The standard InChI is InChI=1S/C22H29N5O6/c23-6-8-32-10-11-33-9-7-26-12-14(13-26)24-16-3-1-2-15-19(16)22(31)27(21(15)30)17-4-5-18(28)25-20(17)29/h1-3,14,17,24H,4-13,23H2,(H,25,28,29). The Morgan fingerprint density at radius 3 is 2.52 bits per heavy atom. The van der Waals surface area contributed by atoms with E-state index in [1.807, 2.05) is 0 Å². The van der Waals surface area contributed by atoms with E-state index < -0.39 is 29.7 Å². The first-order chi connectivity index (χ1) is 16.0. The van der Waals surface area contributed by atoms with Crippen LogP contribution in [0, 0.1) is 0 Å². The highest BCUT2D eigenvalue weighted by Crippen LogP contribution is 2.33. The van der Waals surface area contributed by atoms with Crippen molar-refractivity contribution in [2.24, 2.45) is 5.73 Å². The quantitative estimate of drug-likeness (QED) is 0.285. The second-order valence-electron chi connectivity index (χ2n) is 8.29. The molecule has 11 nitrogen and oxygen atoms in total. The number of anilines is 1. The van der Waals surface area contributed by atoms with E-state index in [9.17, 15) is 19.2 Å². The summed E-state index contributed by atoms with van der Waals surface area (Å²) in [5.41, 5.74) is 6.50. The van der Waals surface area contributed by atoms with Gasteiger partial charge in [-0.3, -0.25) is 34.3 Å². The first-order valence-corrected chi connectivity index (χ1v) is 11.2. The fraction of sp³-hybridized carbons (Fsp3) is 0.545. The van der Waals surface area contributed by atoms with Crippen LogP contribution in [0.5, 0.6) is 0 Å². The number of rotatable bonds is 11. The average molecular weight is 460 g/mol. The van der Waals surface area contributed by atoms with E-state index in [1.165, 1.54) is 0 Å². The summed E-state index contributed by atoms with van der Waals surface area (Å²) in [4.78, 5) is 52.9. The van der Waals surface area contributed by atoms with Crippen LogP contribution in [-0.2, 0) is 19.1 Å². The van der Waals surface area contributed by atoms with Crippen molar-refractivity contribution in [3.8, 4) is 0 Å². The zero-order chi connectivity index (χ0) is 23.4. The van der Waals surface area contributed by atoms with Gasteiger partial charge in [-0.05, 0) is 18.6 Å². The van der Waals surface area contributed by atoms with E-state index in [1.54, 1.807) is 18.2 Å². The van der Waals surface area contributed by atoms with Crippen molar-refractivity contribution in [2.45, 2.75) is 24.9 Å². The van der Waals surface area contributed by atoms with Gasteiger partial charge in [-0.1, -0.05) is 6.07 Å². The number of nitrogens with two attached hydrogens (primary N) is 1. The predicted octanol–water partition coefficient (Wildman–Crippen LogP) is -0.824. The number of likely N-dealkylation sites (tertiary alicyclic amines) is 1. The number of fused-ring (bicyclic) bond motifs is 1. The molecule has 4 rings (SSSR count). The summed E-state index contributed by atoms with van der Waals surface area (Å²) in [7, 11) is 0. The van der Waals surface area contributed by atoms with Gasteiger partial charge in [0.05, 0.1) is 43.6 Å². The molecule has 2 saturated heterocycles. The summed E-state index contributed by atoms with van der Waals surface area (Å²) in [5, 5.41) is 5.57. The summed E-state index contributed by atoms with van der Waals surface area (Å²) in [5.74, 6) is -2.02. The number of piperidine rings is 1. The van der Waals surface area contributed by atoms with Gasteiger partial charge in [0.15, 0.2) is 0 Å². The zero-order valence-electron chi connectivity index (χ0n) is 18.4. The van der Waals surface area contributed by atoms with Gasteiger partial charge in [-0.2, -0.15) is 0 Å². The normalized spacial score (nSPS) is 21.2. The smallest absolute Gasteiger partial charge is 0.264 e. The monoisotopic (exact) mass is 459 g/mol. The molecular formula is C22H29N5O6. The maximum atomic E-state index is 13.1. The number of imide groups is 2. The number of benzene rings is 1. The van der Waals surface area contributed by atoms with Gasteiger partial charge < -0.3 is 20.5 Å². The largest absolute Gasteiger partial charge is 0.379 e. The van der Waals surface area contributed by atoms with Crippen LogP contribution in [0.25, 0.3) is 0 Å². The van der Waals surface area contributed by atoms with Crippen LogP contribution in [0.15, 0.2) is 18.2 Å². The molecule has 0 radical (unpaired) electrons. The van der Waals surface area contributed by atoms with E-state index in [2.05, 4.69) is 15.5 Å². The number of amides is 4. The lowest BCUT2D eigenvalue weighted by Gasteiger charge is -2.40. The van der Waals surface area contributed by atoms with Crippen LogP contribution in [0.4, 0.5) is 5.69 Å². The van der Waals surface area contributed by atoms with E-state index in [0.29, 0.717) is 38.7 Å². The van der Waals surface area contributed by atoms with E-state index in [0.717, 1.165) is 24.5 Å².